The van der Waals surface area contributed by atoms with Crippen LogP contribution in [-0.2, 0) is 14.2 Å². The maximum atomic E-state index is 11.2. The van der Waals surface area contributed by atoms with Crippen LogP contribution in [0.4, 0.5) is 4.79 Å². The van der Waals surface area contributed by atoms with Crippen LogP contribution in [0.5, 0.6) is 0 Å². The van der Waals surface area contributed by atoms with Crippen molar-refractivity contribution in [2.75, 3.05) is 13.2 Å². The molecule has 0 radical (unpaired) electrons. The SMILES string of the molecule is NC(=O)N[C@]1(CO)O[C@H](O[C@H]2[C@H](O)[C@@H](O)[C@H](O)O[C@@H]2CO)[C@H](O)[C@@H](O)[C@H]1O. The Morgan fingerprint density at radius 1 is 1.04 bits per heavy atom. The van der Waals surface area contributed by atoms with E-state index in [0.29, 0.717) is 0 Å². The highest BCUT2D eigenvalue weighted by atomic mass is 16.7. The molecule has 0 saturated carbocycles. The molecule has 0 aromatic rings. The van der Waals surface area contributed by atoms with Crippen molar-refractivity contribution in [3.8, 4) is 0 Å². The van der Waals surface area contributed by atoms with Crippen molar-refractivity contribution in [3.63, 3.8) is 0 Å². The lowest BCUT2D eigenvalue weighted by Gasteiger charge is -2.49. The average Bonchev–Trinajstić information content (AvgIpc) is 2.63. The van der Waals surface area contributed by atoms with E-state index in [4.69, 9.17) is 19.9 Å². The van der Waals surface area contributed by atoms with E-state index < -0.39 is 80.3 Å². The number of carbonyl (C=O) groups excluding carboxylic acids is 1. The zero-order chi connectivity index (χ0) is 20.5. The molecule has 158 valence electrons. The van der Waals surface area contributed by atoms with E-state index in [2.05, 4.69) is 0 Å². The molecule has 2 amide bonds. The molecule has 0 unspecified atom stereocenters. The van der Waals surface area contributed by atoms with Crippen molar-refractivity contribution < 1.29 is 59.9 Å². The Kier molecular flexibility index (Phi) is 6.93. The summed E-state index contributed by atoms with van der Waals surface area (Å²) in [6.07, 6.45) is -16.2. The molecule has 10 atom stereocenters. The summed E-state index contributed by atoms with van der Waals surface area (Å²) < 4.78 is 15.4. The van der Waals surface area contributed by atoms with Crippen LogP contribution < -0.4 is 11.1 Å². The molecule has 2 heterocycles. The van der Waals surface area contributed by atoms with Gasteiger partial charge in [-0.05, 0) is 0 Å². The average molecular weight is 400 g/mol. The summed E-state index contributed by atoms with van der Waals surface area (Å²) in [4.78, 5) is 11.2. The summed E-state index contributed by atoms with van der Waals surface area (Å²) >= 11 is 0. The summed E-state index contributed by atoms with van der Waals surface area (Å²) in [5.74, 6) is 0. The highest BCUT2D eigenvalue weighted by Crippen LogP contribution is 2.32. The number of carbonyl (C=O) groups is 1. The summed E-state index contributed by atoms with van der Waals surface area (Å²) in [5.41, 5.74) is 2.61. The second-order valence-corrected chi connectivity index (χ2v) is 6.28. The molecule has 11 N–H and O–H groups in total. The maximum Gasteiger partial charge on any atom is 0.314 e. The van der Waals surface area contributed by atoms with Gasteiger partial charge >= 0.3 is 6.03 Å². The molecule has 2 rings (SSSR count). The van der Waals surface area contributed by atoms with Crippen LogP contribution in [0, 0.1) is 0 Å². The molecule has 0 bridgehead atoms. The number of primary amides is 1. The maximum absolute atomic E-state index is 11.2. The van der Waals surface area contributed by atoms with Gasteiger partial charge in [-0.25, -0.2) is 4.79 Å². The fraction of sp³-hybridized carbons (Fsp3) is 0.923. The Morgan fingerprint density at radius 3 is 2.19 bits per heavy atom. The number of hydrogen-bond acceptors (Lipinski definition) is 12. The van der Waals surface area contributed by atoms with E-state index in [1.165, 1.54) is 0 Å². The van der Waals surface area contributed by atoms with E-state index >= 15 is 0 Å². The van der Waals surface area contributed by atoms with Crippen molar-refractivity contribution >= 4 is 6.03 Å². The highest BCUT2D eigenvalue weighted by molar-refractivity contribution is 5.72. The second-order valence-electron chi connectivity index (χ2n) is 6.28. The smallest absolute Gasteiger partial charge is 0.314 e. The minimum absolute atomic E-state index is 0.774. The highest BCUT2D eigenvalue weighted by Gasteiger charge is 2.56. The third kappa shape index (κ3) is 4.15. The summed E-state index contributed by atoms with van der Waals surface area (Å²) in [5, 5.41) is 80.1. The van der Waals surface area contributed by atoms with Gasteiger partial charge in [-0.1, -0.05) is 0 Å². The van der Waals surface area contributed by atoms with Crippen LogP contribution in [-0.4, -0.2) is 121 Å². The van der Waals surface area contributed by atoms with Crippen molar-refractivity contribution in [2.24, 2.45) is 5.73 Å². The molecule has 0 spiro atoms. The molecule has 2 saturated heterocycles. The second kappa shape index (κ2) is 8.46. The Balaban J connectivity index is 2.26. The number of amides is 2. The van der Waals surface area contributed by atoms with E-state index in [9.17, 15) is 45.6 Å². The molecule has 14 nitrogen and oxygen atoms in total. The predicted molar refractivity (Wildman–Crippen MR) is 80.3 cm³/mol. The largest absolute Gasteiger partial charge is 0.394 e. The van der Waals surface area contributed by atoms with E-state index in [1.807, 2.05) is 5.32 Å². The van der Waals surface area contributed by atoms with Gasteiger partial charge in [-0.3, -0.25) is 0 Å². The number of aliphatic hydroxyl groups is 8. The Bertz CT molecular complexity index is 524. The number of nitrogens with one attached hydrogen (secondary N) is 1. The summed E-state index contributed by atoms with van der Waals surface area (Å²) in [6.45, 7) is -1.86. The summed E-state index contributed by atoms with van der Waals surface area (Å²) in [7, 11) is 0. The lowest BCUT2D eigenvalue weighted by Crippen LogP contribution is -2.74. The van der Waals surface area contributed by atoms with Gasteiger partial charge in [0, 0.05) is 0 Å². The Morgan fingerprint density at radius 2 is 1.67 bits per heavy atom. The first-order valence-electron chi connectivity index (χ1n) is 7.94. The fourth-order valence-electron chi connectivity index (χ4n) is 2.95. The topological polar surface area (TPSA) is 245 Å². The van der Waals surface area contributed by atoms with Gasteiger partial charge in [0.1, 0.15) is 42.7 Å². The first kappa shape index (κ1) is 22.1. The quantitative estimate of drug-likeness (QED) is 0.207. The number of urea groups is 1. The summed E-state index contributed by atoms with van der Waals surface area (Å²) in [6, 6.07) is -1.24. The van der Waals surface area contributed by atoms with E-state index in [0.717, 1.165) is 0 Å². The van der Waals surface area contributed by atoms with Crippen molar-refractivity contribution in [1.82, 2.24) is 5.32 Å². The first-order chi connectivity index (χ1) is 12.6. The lowest BCUT2D eigenvalue weighted by atomic mass is 9.93. The minimum Gasteiger partial charge on any atom is -0.394 e. The number of rotatable bonds is 5. The molecule has 27 heavy (non-hydrogen) atoms. The molecule has 0 aromatic carbocycles. The van der Waals surface area contributed by atoms with Gasteiger partial charge in [0.05, 0.1) is 13.2 Å². The van der Waals surface area contributed by atoms with Gasteiger partial charge in [0.25, 0.3) is 0 Å². The van der Waals surface area contributed by atoms with Gasteiger partial charge in [0.15, 0.2) is 18.3 Å². The lowest BCUT2D eigenvalue weighted by molar-refractivity contribution is -0.378. The van der Waals surface area contributed by atoms with Gasteiger partial charge < -0.3 is 66.1 Å². The van der Waals surface area contributed by atoms with E-state index in [1.54, 1.807) is 0 Å². The monoisotopic (exact) mass is 400 g/mol. The third-order valence-corrected chi connectivity index (χ3v) is 4.46. The third-order valence-electron chi connectivity index (χ3n) is 4.46. The van der Waals surface area contributed by atoms with Crippen molar-refractivity contribution in [3.05, 3.63) is 0 Å². The van der Waals surface area contributed by atoms with Gasteiger partial charge in [-0.15, -0.1) is 0 Å². The predicted octanol–water partition coefficient (Wildman–Crippen LogP) is -6.40. The number of ether oxygens (including phenoxy) is 3. The van der Waals surface area contributed by atoms with Crippen LogP contribution in [0.3, 0.4) is 0 Å². The van der Waals surface area contributed by atoms with Gasteiger partial charge in [-0.2, -0.15) is 0 Å². The molecule has 0 aromatic heterocycles. The molecule has 2 aliphatic heterocycles. The number of hydrogen-bond donors (Lipinski definition) is 10. The normalized spacial score (nSPS) is 48.2. The fourth-order valence-corrected chi connectivity index (χ4v) is 2.95. The standard InChI is InChI=1S/C13H24N2O12/c14-12(24)15-13(2-17)9(22)5(19)7(21)11(27-13)26-8-3(1-16)25-10(23)6(20)4(8)18/h3-11,16-23H,1-2H2,(H3,14,15,24)/t3-,4-,5-,6-,7-,8-,9-,10-,11+,13-/m1/s1. The minimum atomic E-state index is -2.36. The van der Waals surface area contributed by atoms with Crippen LogP contribution >= 0.6 is 0 Å². The first-order valence-corrected chi connectivity index (χ1v) is 7.94. The zero-order valence-corrected chi connectivity index (χ0v) is 13.9. The molecule has 14 heteroatoms. The molecular weight excluding hydrogens is 376 g/mol. The zero-order valence-electron chi connectivity index (χ0n) is 13.9. The van der Waals surface area contributed by atoms with Crippen molar-refractivity contribution in [2.45, 2.75) is 61.0 Å². The van der Waals surface area contributed by atoms with Crippen LogP contribution in [0.25, 0.3) is 0 Å². The van der Waals surface area contributed by atoms with Crippen LogP contribution in [0.15, 0.2) is 0 Å². The van der Waals surface area contributed by atoms with Crippen LogP contribution in [0.2, 0.25) is 0 Å². The molecule has 0 aliphatic carbocycles. The number of nitrogens with two attached hydrogens (primary N) is 1. The van der Waals surface area contributed by atoms with E-state index in [-0.39, 0.29) is 0 Å². The molecule has 2 fully saturated rings. The van der Waals surface area contributed by atoms with Crippen molar-refractivity contribution in [1.29, 1.82) is 0 Å². The van der Waals surface area contributed by atoms with Crippen LogP contribution in [0.1, 0.15) is 0 Å². The van der Waals surface area contributed by atoms with Gasteiger partial charge in [0.2, 0.25) is 0 Å². The Hall–Kier alpha value is -1.17. The Labute approximate surface area is 152 Å². The number of aliphatic hydroxyl groups excluding tert-OH is 8. The molecular formula is C13H24N2O12. The molecule has 2 aliphatic rings.